The van der Waals surface area contributed by atoms with Crippen LogP contribution in [0.2, 0.25) is 0 Å². The van der Waals surface area contributed by atoms with Gasteiger partial charge in [0.05, 0.1) is 12.7 Å². The van der Waals surface area contributed by atoms with Gasteiger partial charge in [-0.3, -0.25) is 4.79 Å². The molecule has 14 heavy (non-hydrogen) atoms. The molecular weight excluding hydrogens is 180 g/mol. The SMILES string of the molecule is CCC1CCC(=O)C(CC(O)CO)C1. The van der Waals surface area contributed by atoms with E-state index in [1.165, 1.54) is 0 Å². The molecule has 3 nitrogen and oxygen atoms in total. The fourth-order valence-electron chi connectivity index (χ4n) is 2.20. The minimum absolute atomic E-state index is 0.0177. The van der Waals surface area contributed by atoms with Crippen molar-refractivity contribution in [3.63, 3.8) is 0 Å². The Morgan fingerprint density at radius 3 is 2.86 bits per heavy atom. The van der Waals surface area contributed by atoms with E-state index >= 15 is 0 Å². The van der Waals surface area contributed by atoms with Crippen LogP contribution in [0, 0.1) is 11.8 Å². The summed E-state index contributed by atoms with van der Waals surface area (Å²) in [6, 6.07) is 0. The summed E-state index contributed by atoms with van der Waals surface area (Å²) in [7, 11) is 0. The Morgan fingerprint density at radius 2 is 2.29 bits per heavy atom. The van der Waals surface area contributed by atoms with Crippen molar-refractivity contribution in [3.05, 3.63) is 0 Å². The Balaban J connectivity index is 2.44. The van der Waals surface area contributed by atoms with Gasteiger partial charge in [0.1, 0.15) is 5.78 Å². The average molecular weight is 200 g/mol. The van der Waals surface area contributed by atoms with E-state index in [0.717, 1.165) is 19.3 Å². The second-order valence-corrected chi connectivity index (χ2v) is 4.28. The number of aliphatic hydroxyl groups is 2. The molecule has 1 aliphatic carbocycles. The Bertz CT molecular complexity index is 189. The highest BCUT2D eigenvalue weighted by molar-refractivity contribution is 5.81. The zero-order chi connectivity index (χ0) is 10.6. The average Bonchev–Trinajstić information content (AvgIpc) is 2.21. The number of Topliss-reactive ketones (excluding diaryl/α,β-unsaturated/α-hetero) is 1. The minimum atomic E-state index is -0.723. The zero-order valence-corrected chi connectivity index (χ0v) is 8.78. The first-order valence-electron chi connectivity index (χ1n) is 5.49. The van der Waals surface area contributed by atoms with Crippen molar-refractivity contribution in [3.8, 4) is 0 Å². The number of carbonyl (C=O) groups excluding carboxylic acids is 1. The van der Waals surface area contributed by atoms with Crippen LogP contribution in [0.25, 0.3) is 0 Å². The van der Waals surface area contributed by atoms with E-state index in [0.29, 0.717) is 18.8 Å². The molecule has 82 valence electrons. The van der Waals surface area contributed by atoms with E-state index in [-0.39, 0.29) is 18.3 Å². The fourth-order valence-corrected chi connectivity index (χ4v) is 2.20. The van der Waals surface area contributed by atoms with Gasteiger partial charge in [0.25, 0.3) is 0 Å². The summed E-state index contributed by atoms with van der Waals surface area (Å²) >= 11 is 0. The second-order valence-electron chi connectivity index (χ2n) is 4.28. The standard InChI is InChI=1S/C11H20O3/c1-2-8-3-4-11(14)9(5-8)6-10(13)7-12/h8-10,12-13H,2-7H2,1H3. The maximum Gasteiger partial charge on any atom is 0.136 e. The molecule has 0 spiro atoms. The molecule has 1 aliphatic rings. The molecule has 0 heterocycles. The van der Waals surface area contributed by atoms with Crippen molar-refractivity contribution in [1.29, 1.82) is 0 Å². The molecule has 3 unspecified atom stereocenters. The van der Waals surface area contributed by atoms with Gasteiger partial charge in [-0.05, 0) is 25.2 Å². The molecule has 0 bridgehead atoms. The normalized spacial score (nSPS) is 30.4. The third-order valence-corrected chi connectivity index (χ3v) is 3.22. The molecule has 0 aromatic carbocycles. The van der Waals surface area contributed by atoms with Gasteiger partial charge in [0.15, 0.2) is 0 Å². The lowest BCUT2D eigenvalue weighted by Crippen LogP contribution is -2.29. The Kier molecular flexibility index (Phi) is 4.55. The summed E-state index contributed by atoms with van der Waals surface area (Å²) in [5, 5.41) is 18.0. The Labute approximate surface area is 85.1 Å². The lowest BCUT2D eigenvalue weighted by molar-refractivity contribution is -0.127. The van der Waals surface area contributed by atoms with Crippen molar-refractivity contribution in [2.24, 2.45) is 11.8 Å². The quantitative estimate of drug-likeness (QED) is 0.715. The number of carbonyl (C=O) groups is 1. The van der Waals surface area contributed by atoms with Crippen LogP contribution >= 0.6 is 0 Å². The van der Waals surface area contributed by atoms with E-state index in [1.54, 1.807) is 0 Å². The number of aliphatic hydroxyl groups excluding tert-OH is 2. The summed E-state index contributed by atoms with van der Waals surface area (Å²) in [5.74, 6) is 0.877. The molecule has 3 heteroatoms. The van der Waals surface area contributed by atoms with Crippen molar-refractivity contribution in [1.82, 2.24) is 0 Å². The van der Waals surface area contributed by atoms with Crippen LogP contribution in [-0.2, 0) is 4.79 Å². The van der Waals surface area contributed by atoms with Crippen LogP contribution in [0.5, 0.6) is 0 Å². The summed E-state index contributed by atoms with van der Waals surface area (Å²) in [6.07, 6.45) is 3.37. The molecule has 3 atom stereocenters. The predicted octanol–water partition coefficient (Wildman–Crippen LogP) is 1.13. The molecule has 0 aliphatic heterocycles. The number of ketones is 1. The number of rotatable bonds is 4. The highest BCUT2D eigenvalue weighted by atomic mass is 16.3. The smallest absolute Gasteiger partial charge is 0.136 e. The third-order valence-electron chi connectivity index (χ3n) is 3.22. The molecule has 0 aromatic rings. The van der Waals surface area contributed by atoms with E-state index in [9.17, 15) is 9.90 Å². The van der Waals surface area contributed by atoms with Gasteiger partial charge < -0.3 is 10.2 Å². The van der Waals surface area contributed by atoms with E-state index in [1.807, 2.05) is 0 Å². The highest BCUT2D eigenvalue weighted by Gasteiger charge is 2.29. The first kappa shape index (κ1) is 11.7. The van der Waals surface area contributed by atoms with Crippen LogP contribution in [0.4, 0.5) is 0 Å². The summed E-state index contributed by atoms with van der Waals surface area (Å²) in [6.45, 7) is 1.90. The molecule has 0 aromatic heterocycles. The van der Waals surface area contributed by atoms with Crippen LogP contribution in [0.1, 0.15) is 39.0 Å². The monoisotopic (exact) mass is 200 g/mol. The molecule has 0 radical (unpaired) electrons. The van der Waals surface area contributed by atoms with Crippen LogP contribution in [0.3, 0.4) is 0 Å². The van der Waals surface area contributed by atoms with Crippen molar-refractivity contribution in [2.45, 2.75) is 45.1 Å². The summed E-state index contributed by atoms with van der Waals surface area (Å²) < 4.78 is 0. The lowest BCUT2D eigenvalue weighted by Gasteiger charge is -2.28. The molecule has 1 fully saturated rings. The van der Waals surface area contributed by atoms with Crippen molar-refractivity contribution < 1.29 is 15.0 Å². The number of hydrogen-bond donors (Lipinski definition) is 2. The zero-order valence-electron chi connectivity index (χ0n) is 8.78. The number of hydrogen-bond acceptors (Lipinski definition) is 3. The molecule has 1 saturated carbocycles. The largest absolute Gasteiger partial charge is 0.394 e. The van der Waals surface area contributed by atoms with Gasteiger partial charge >= 0.3 is 0 Å². The first-order chi connectivity index (χ1) is 6.67. The third kappa shape index (κ3) is 3.07. The van der Waals surface area contributed by atoms with Gasteiger partial charge in [-0.1, -0.05) is 13.3 Å². The minimum Gasteiger partial charge on any atom is -0.394 e. The maximum absolute atomic E-state index is 11.5. The van der Waals surface area contributed by atoms with Gasteiger partial charge in [-0.2, -0.15) is 0 Å². The van der Waals surface area contributed by atoms with Crippen LogP contribution in [0.15, 0.2) is 0 Å². The Hall–Kier alpha value is -0.410. The van der Waals surface area contributed by atoms with Gasteiger partial charge in [-0.25, -0.2) is 0 Å². The van der Waals surface area contributed by atoms with Crippen molar-refractivity contribution in [2.75, 3.05) is 6.61 Å². The van der Waals surface area contributed by atoms with Gasteiger partial charge in [0.2, 0.25) is 0 Å². The van der Waals surface area contributed by atoms with Crippen LogP contribution < -0.4 is 0 Å². The summed E-state index contributed by atoms with van der Waals surface area (Å²) in [4.78, 5) is 11.5. The van der Waals surface area contributed by atoms with Gasteiger partial charge in [0, 0.05) is 12.3 Å². The molecular formula is C11H20O3. The maximum atomic E-state index is 11.5. The topological polar surface area (TPSA) is 57.5 Å². The molecule has 1 rings (SSSR count). The van der Waals surface area contributed by atoms with Crippen LogP contribution in [-0.4, -0.2) is 28.7 Å². The lowest BCUT2D eigenvalue weighted by atomic mass is 9.77. The summed E-state index contributed by atoms with van der Waals surface area (Å²) in [5.41, 5.74) is 0. The molecule has 0 saturated heterocycles. The first-order valence-corrected chi connectivity index (χ1v) is 5.49. The second kappa shape index (κ2) is 5.47. The highest BCUT2D eigenvalue weighted by Crippen LogP contribution is 2.31. The predicted molar refractivity (Wildman–Crippen MR) is 53.8 cm³/mol. The Morgan fingerprint density at radius 1 is 1.57 bits per heavy atom. The van der Waals surface area contributed by atoms with E-state index in [4.69, 9.17) is 5.11 Å². The fraction of sp³-hybridized carbons (Fsp3) is 0.909. The van der Waals surface area contributed by atoms with E-state index < -0.39 is 6.10 Å². The van der Waals surface area contributed by atoms with E-state index in [2.05, 4.69) is 6.92 Å². The molecule has 2 N–H and O–H groups in total. The molecule has 0 amide bonds. The van der Waals surface area contributed by atoms with Crippen molar-refractivity contribution >= 4 is 5.78 Å². The van der Waals surface area contributed by atoms with Gasteiger partial charge in [-0.15, -0.1) is 0 Å².